The third-order valence-electron chi connectivity index (χ3n) is 2.30. The Kier molecular flexibility index (Phi) is 2.93. The molecule has 0 radical (unpaired) electrons. The molecule has 1 amide bonds. The molecular weight excluding hydrogens is 168 g/mol. The van der Waals surface area contributed by atoms with Crippen molar-refractivity contribution >= 4 is 5.91 Å². The molecule has 0 aromatic rings. The second kappa shape index (κ2) is 3.64. The summed E-state index contributed by atoms with van der Waals surface area (Å²) in [7, 11) is 0. The Morgan fingerprint density at radius 2 is 2.23 bits per heavy atom. The largest absolute Gasteiger partial charge is 0.377 e. The Bertz CT molecular complexity index is 202. The van der Waals surface area contributed by atoms with Crippen LogP contribution in [0.1, 0.15) is 20.8 Å². The van der Waals surface area contributed by atoms with Gasteiger partial charge in [0.15, 0.2) is 0 Å². The molecule has 1 atom stereocenters. The quantitative estimate of drug-likeness (QED) is 0.625. The number of nitrogens with zero attached hydrogens (tertiary/aromatic N) is 1. The average Bonchev–Trinajstić information content (AvgIpc) is 2.02. The molecule has 0 aliphatic carbocycles. The Morgan fingerprint density at radius 1 is 1.62 bits per heavy atom. The summed E-state index contributed by atoms with van der Waals surface area (Å²) in [5, 5.41) is 0. The van der Waals surface area contributed by atoms with E-state index in [9.17, 15) is 4.79 Å². The summed E-state index contributed by atoms with van der Waals surface area (Å²) in [6.07, 6.45) is 0. The van der Waals surface area contributed by atoms with Crippen molar-refractivity contribution in [1.29, 1.82) is 0 Å². The number of rotatable bonds is 1. The van der Waals surface area contributed by atoms with E-state index in [2.05, 4.69) is 0 Å². The molecule has 76 valence electrons. The molecule has 1 heterocycles. The lowest BCUT2D eigenvalue weighted by Gasteiger charge is -2.42. The Balaban J connectivity index is 2.71. The van der Waals surface area contributed by atoms with E-state index < -0.39 is 6.04 Å². The highest BCUT2D eigenvalue weighted by atomic mass is 16.5. The highest BCUT2D eigenvalue weighted by Gasteiger charge is 2.34. The third-order valence-corrected chi connectivity index (χ3v) is 2.30. The summed E-state index contributed by atoms with van der Waals surface area (Å²) in [6.45, 7) is 7.55. The highest BCUT2D eigenvalue weighted by Crippen LogP contribution is 2.19. The van der Waals surface area contributed by atoms with Crippen LogP contribution in [0, 0.1) is 0 Å². The third kappa shape index (κ3) is 2.19. The Hall–Kier alpha value is -0.610. The molecule has 1 aliphatic rings. The first-order valence-electron chi connectivity index (χ1n) is 4.60. The van der Waals surface area contributed by atoms with Gasteiger partial charge < -0.3 is 15.4 Å². The summed E-state index contributed by atoms with van der Waals surface area (Å²) in [5.74, 6) is 0.00769. The molecule has 0 aromatic carbocycles. The van der Waals surface area contributed by atoms with Crippen LogP contribution in [0.5, 0.6) is 0 Å². The first kappa shape index (κ1) is 10.5. The summed E-state index contributed by atoms with van der Waals surface area (Å²) < 4.78 is 5.31. The van der Waals surface area contributed by atoms with Crippen LogP contribution in [0.4, 0.5) is 0 Å². The molecule has 1 saturated heterocycles. The highest BCUT2D eigenvalue weighted by molar-refractivity contribution is 5.82. The minimum Gasteiger partial charge on any atom is -0.377 e. The minimum atomic E-state index is -0.419. The second-order valence-electron chi connectivity index (χ2n) is 4.14. The predicted octanol–water partition coefficient (Wildman–Crippen LogP) is -0.0290. The van der Waals surface area contributed by atoms with Crippen molar-refractivity contribution in [2.24, 2.45) is 5.73 Å². The number of nitrogens with two attached hydrogens (primary N) is 1. The fourth-order valence-corrected chi connectivity index (χ4v) is 1.51. The van der Waals surface area contributed by atoms with E-state index in [0.29, 0.717) is 19.8 Å². The smallest absolute Gasteiger partial charge is 0.239 e. The summed E-state index contributed by atoms with van der Waals surface area (Å²) in [6, 6.07) is -0.419. The van der Waals surface area contributed by atoms with Gasteiger partial charge in [-0.2, -0.15) is 0 Å². The lowest BCUT2D eigenvalue weighted by atomic mass is 10.0. The lowest BCUT2D eigenvalue weighted by Crippen LogP contribution is -2.58. The molecule has 1 fully saturated rings. The van der Waals surface area contributed by atoms with Crippen LogP contribution >= 0.6 is 0 Å². The van der Waals surface area contributed by atoms with Gasteiger partial charge >= 0.3 is 0 Å². The van der Waals surface area contributed by atoms with E-state index in [-0.39, 0.29) is 11.4 Å². The molecule has 0 bridgehead atoms. The Labute approximate surface area is 79.0 Å². The van der Waals surface area contributed by atoms with E-state index in [4.69, 9.17) is 10.5 Å². The summed E-state index contributed by atoms with van der Waals surface area (Å²) >= 11 is 0. The lowest BCUT2D eigenvalue weighted by molar-refractivity contribution is -0.147. The van der Waals surface area contributed by atoms with Crippen LogP contribution in [0.3, 0.4) is 0 Å². The zero-order chi connectivity index (χ0) is 10.1. The zero-order valence-electron chi connectivity index (χ0n) is 8.54. The fraction of sp³-hybridized carbons (Fsp3) is 0.889. The van der Waals surface area contributed by atoms with Crippen LogP contribution in [0.25, 0.3) is 0 Å². The number of hydrogen-bond acceptors (Lipinski definition) is 3. The predicted molar refractivity (Wildman–Crippen MR) is 50.3 cm³/mol. The van der Waals surface area contributed by atoms with E-state index in [1.807, 2.05) is 13.8 Å². The molecule has 2 N–H and O–H groups in total. The maximum Gasteiger partial charge on any atom is 0.239 e. The van der Waals surface area contributed by atoms with E-state index in [0.717, 1.165) is 0 Å². The Morgan fingerprint density at radius 3 is 2.69 bits per heavy atom. The van der Waals surface area contributed by atoms with Crippen LogP contribution in [0.15, 0.2) is 0 Å². The topological polar surface area (TPSA) is 55.6 Å². The standard InChI is InChI=1S/C9H18N2O2/c1-7(10)8(12)11-4-5-13-6-9(11,2)3/h7H,4-6,10H2,1-3H3. The molecule has 4 nitrogen and oxygen atoms in total. The molecule has 4 heteroatoms. The van der Waals surface area contributed by atoms with E-state index >= 15 is 0 Å². The summed E-state index contributed by atoms with van der Waals surface area (Å²) in [5.41, 5.74) is 5.34. The van der Waals surface area contributed by atoms with Gasteiger partial charge in [-0.15, -0.1) is 0 Å². The van der Waals surface area contributed by atoms with Gasteiger partial charge in [-0.1, -0.05) is 0 Å². The van der Waals surface area contributed by atoms with Crippen molar-refractivity contribution < 1.29 is 9.53 Å². The first-order valence-corrected chi connectivity index (χ1v) is 4.60. The normalized spacial score (nSPS) is 24.2. The minimum absolute atomic E-state index is 0.00769. The first-order chi connectivity index (χ1) is 5.95. The van der Waals surface area contributed by atoms with Crippen molar-refractivity contribution in [1.82, 2.24) is 4.90 Å². The second-order valence-corrected chi connectivity index (χ2v) is 4.14. The van der Waals surface area contributed by atoms with Crippen LogP contribution < -0.4 is 5.73 Å². The monoisotopic (exact) mass is 186 g/mol. The molecule has 13 heavy (non-hydrogen) atoms. The van der Waals surface area contributed by atoms with Crippen LogP contribution in [-0.2, 0) is 9.53 Å². The van der Waals surface area contributed by atoms with Gasteiger partial charge in [-0.05, 0) is 20.8 Å². The van der Waals surface area contributed by atoms with Crippen LogP contribution in [-0.4, -0.2) is 42.1 Å². The molecule has 1 aliphatic heterocycles. The van der Waals surface area contributed by atoms with Gasteiger partial charge in [0.1, 0.15) is 0 Å². The van der Waals surface area contributed by atoms with Crippen LogP contribution in [0.2, 0.25) is 0 Å². The van der Waals surface area contributed by atoms with Crippen molar-refractivity contribution in [3.63, 3.8) is 0 Å². The van der Waals surface area contributed by atoms with Gasteiger partial charge in [0, 0.05) is 6.54 Å². The van der Waals surface area contributed by atoms with Crippen molar-refractivity contribution in [3.8, 4) is 0 Å². The van der Waals surface area contributed by atoms with Gasteiger partial charge in [0.25, 0.3) is 0 Å². The van der Waals surface area contributed by atoms with Gasteiger partial charge in [0.05, 0.1) is 24.8 Å². The number of ether oxygens (including phenoxy) is 1. The number of carbonyl (C=O) groups is 1. The average molecular weight is 186 g/mol. The molecular formula is C9H18N2O2. The zero-order valence-corrected chi connectivity index (χ0v) is 8.54. The van der Waals surface area contributed by atoms with Crippen molar-refractivity contribution in [2.45, 2.75) is 32.4 Å². The molecule has 1 rings (SSSR count). The molecule has 0 aromatic heterocycles. The number of amides is 1. The van der Waals surface area contributed by atoms with Gasteiger partial charge in [-0.3, -0.25) is 4.79 Å². The van der Waals surface area contributed by atoms with Crippen molar-refractivity contribution in [2.75, 3.05) is 19.8 Å². The maximum atomic E-state index is 11.7. The van der Waals surface area contributed by atoms with Gasteiger partial charge in [-0.25, -0.2) is 0 Å². The van der Waals surface area contributed by atoms with Crippen molar-refractivity contribution in [3.05, 3.63) is 0 Å². The summed E-state index contributed by atoms with van der Waals surface area (Å²) in [4.78, 5) is 13.5. The van der Waals surface area contributed by atoms with Gasteiger partial charge in [0.2, 0.25) is 5.91 Å². The maximum absolute atomic E-state index is 11.7. The SMILES string of the molecule is CC(N)C(=O)N1CCOCC1(C)C. The molecule has 1 unspecified atom stereocenters. The fourth-order valence-electron chi connectivity index (χ4n) is 1.51. The number of hydrogen-bond donors (Lipinski definition) is 1. The molecule has 0 spiro atoms. The van der Waals surface area contributed by atoms with E-state index in [1.165, 1.54) is 0 Å². The molecule has 0 saturated carbocycles. The number of carbonyl (C=O) groups excluding carboxylic acids is 1. The number of morpholine rings is 1. The van der Waals surface area contributed by atoms with E-state index in [1.54, 1.807) is 11.8 Å².